The van der Waals surface area contributed by atoms with Crippen molar-refractivity contribution in [1.82, 2.24) is 15.3 Å². The largest absolute Gasteiger partial charge is 0.465 e. The van der Waals surface area contributed by atoms with Gasteiger partial charge in [-0.15, -0.1) is 0 Å². The number of hydrogen-bond donors (Lipinski definition) is 2. The van der Waals surface area contributed by atoms with Gasteiger partial charge in [0.15, 0.2) is 10.9 Å². The van der Waals surface area contributed by atoms with E-state index in [0.29, 0.717) is 27.9 Å². The van der Waals surface area contributed by atoms with Gasteiger partial charge in [0.2, 0.25) is 0 Å². The molecule has 0 aliphatic rings. The van der Waals surface area contributed by atoms with E-state index in [-0.39, 0.29) is 21.9 Å². The Balaban J connectivity index is 1.91. The van der Waals surface area contributed by atoms with Gasteiger partial charge < -0.3 is 10.1 Å². The summed E-state index contributed by atoms with van der Waals surface area (Å²) in [6.45, 7) is 2.17. The maximum Gasteiger partial charge on any atom is 0.337 e. The Morgan fingerprint density at radius 3 is 2.55 bits per heavy atom. The second-order valence-electron chi connectivity index (χ2n) is 6.87. The van der Waals surface area contributed by atoms with Gasteiger partial charge in [0.1, 0.15) is 17.0 Å². The summed E-state index contributed by atoms with van der Waals surface area (Å²) >= 11 is 1.02. The number of nitrogens with one attached hydrogen (secondary N) is 2. The molecule has 0 saturated carbocycles. The molecule has 2 N–H and O–H groups in total. The van der Waals surface area contributed by atoms with Crippen molar-refractivity contribution in [3.63, 3.8) is 0 Å². The first-order valence-electron chi connectivity index (χ1n) is 9.90. The lowest BCUT2D eigenvalue weighted by molar-refractivity contribution is 0.0600. The standard InChI is InChI=1S/C23H18F2N4O3S/c1-3-26-22(31)29-23-28-19-17(25)14(12-6-8-13(9-7-12)21(30)32-2)11-15(20(19)33-23)18-16(24)5-4-10-27-18/h4-11H,3H2,1-2H3,(H2,26,28,29,31). The van der Waals surface area contributed by atoms with Crippen LogP contribution in [0.4, 0.5) is 18.7 Å². The fourth-order valence-electron chi connectivity index (χ4n) is 3.28. The minimum atomic E-state index is -0.642. The van der Waals surface area contributed by atoms with Crippen LogP contribution in [0.15, 0.2) is 48.7 Å². The summed E-state index contributed by atoms with van der Waals surface area (Å²) in [5.74, 6) is -1.74. The van der Waals surface area contributed by atoms with Crippen LogP contribution in [0.25, 0.3) is 32.6 Å². The van der Waals surface area contributed by atoms with E-state index in [1.54, 1.807) is 19.1 Å². The molecule has 10 heteroatoms. The predicted molar refractivity (Wildman–Crippen MR) is 122 cm³/mol. The number of hydrogen-bond acceptors (Lipinski definition) is 6. The number of carbonyl (C=O) groups excluding carboxylic acids is 2. The Labute approximate surface area is 191 Å². The number of esters is 1. The van der Waals surface area contributed by atoms with E-state index in [0.717, 1.165) is 11.3 Å². The van der Waals surface area contributed by atoms with Crippen molar-refractivity contribution in [3.05, 3.63) is 65.9 Å². The van der Waals surface area contributed by atoms with E-state index >= 15 is 4.39 Å². The zero-order chi connectivity index (χ0) is 23.5. The molecule has 2 aromatic heterocycles. The molecule has 168 valence electrons. The average molecular weight is 468 g/mol. The topological polar surface area (TPSA) is 93.2 Å². The van der Waals surface area contributed by atoms with Crippen molar-refractivity contribution < 1.29 is 23.1 Å². The van der Waals surface area contributed by atoms with Crippen LogP contribution < -0.4 is 10.6 Å². The number of methoxy groups -OCH3 is 1. The lowest BCUT2D eigenvalue weighted by Crippen LogP contribution is -2.28. The van der Waals surface area contributed by atoms with Gasteiger partial charge in [0.05, 0.1) is 17.4 Å². The van der Waals surface area contributed by atoms with Crippen LogP contribution in [0.3, 0.4) is 0 Å². The first-order chi connectivity index (χ1) is 15.9. The summed E-state index contributed by atoms with van der Waals surface area (Å²) in [6, 6.07) is 9.87. The third kappa shape index (κ3) is 4.37. The number of nitrogens with zero attached hydrogens (tertiary/aromatic N) is 2. The smallest absolute Gasteiger partial charge is 0.337 e. The second-order valence-corrected chi connectivity index (χ2v) is 7.87. The maximum absolute atomic E-state index is 15.6. The summed E-state index contributed by atoms with van der Waals surface area (Å²) in [4.78, 5) is 32.0. The molecule has 0 saturated heterocycles. The van der Waals surface area contributed by atoms with Crippen LogP contribution in [0.2, 0.25) is 0 Å². The molecular formula is C23H18F2N4O3S. The summed E-state index contributed by atoms with van der Waals surface area (Å²) in [5, 5.41) is 5.30. The van der Waals surface area contributed by atoms with Crippen molar-refractivity contribution in [3.8, 4) is 22.4 Å². The van der Waals surface area contributed by atoms with Crippen LogP contribution in [0, 0.1) is 11.6 Å². The number of benzene rings is 2. The number of aromatic nitrogens is 2. The van der Waals surface area contributed by atoms with Gasteiger partial charge in [-0.3, -0.25) is 10.3 Å². The minimum absolute atomic E-state index is 0.0265. The molecule has 0 spiro atoms. The first kappa shape index (κ1) is 22.3. The highest BCUT2D eigenvalue weighted by atomic mass is 32.1. The molecule has 0 fully saturated rings. The van der Waals surface area contributed by atoms with Crippen molar-refractivity contribution in [2.45, 2.75) is 6.92 Å². The van der Waals surface area contributed by atoms with Gasteiger partial charge in [-0.1, -0.05) is 23.5 Å². The Kier molecular flexibility index (Phi) is 6.27. The number of thiazole rings is 1. The highest BCUT2D eigenvalue weighted by Gasteiger charge is 2.22. The summed E-state index contributed by atoms with van der Waals surface area (Å²) in [5.41, 5.74) is 1.24. The molecule has 4 aromatic rings. The van der Waals surface area contributed by atoms with E-state index in [1.807, 2.05) is 0 Å². The maximum atomic E-state index is 15.6. The molecule has 33 heavy (non-hydrogen) atoms. The van der Waals surface area contributed by atoms with Gasteiger partial charge in [0.25, 0.3) is 0 Å². The van der Waals surface area contributed by atoms with Crippen LogP contribution in [-0.4, -0.2) is 35.6 Å². The number of rotatable bonds is 5. The van der Waals surface area contributed by atoms with Crippen molar-refractivity contribution in [1.29, 1.82) is 0 Å². The van der Waals surface area contributed by atoms with E-state index < -0.39 is 23.6 Å². The zero-order valence-electron chi connectivity index (χ0n) is 17.6. The third-order valence-electron chi connectivity index (χ3n) is 4.79. The van der Waals surface area contributed by atoms with Crippen molar-refractivity contribution in [2.75, 3.05) is 19.0 Å². The second kappa shape index (κ2) is 9.29. The van der Waals surface area contributed by atoms with Crippen LogP contribution >= 0.6 is 11.3 Å². The lowest BCUT2D eigenvalue weighted by atomic mass is 9.98. The number of amides is 2. The Hall–Kier alpha value is -3.92. The predicted octanol–water partition coefficient (Wildman–Crippen LogP) is 5.23. The molecule has 2 heterocycles. The number of pyridine rings is 1. The van der Waals surface area contributed by atoms with Gasteiger partial charge in [-0.2, -0.15) is 0 Å². The molecule has 0 atom stereocenters. The number of fused-ring (bicyclic) bond motifs is 1. The lowest BCUT2D eigenvalue weighted by Gasteiger charge is -2.10. The van der Waals surface area contributed by atoms with E-state index in [2.05, 4.69) is 20.6 Å². The molecule has 0 bridgehead atoms. The van der Waals surface area contributed by atoms with Crippen LogP contribution in [0.5, 0.6) is 0 Å². The number of carbonyl (C=O) groups is 2. The normalized spacial score (nSPS) is 10.8. The van der Waals surface area contributed by atoms with Gasteiger partial charge in [-0.05, 0) is 42.8 Å². The monoisotopic (exact) mass is 468 g/mol. The van der Waals surface area contributed by atoms with E-state index in [1.165, 1.54) is 43.6 Å². The number of urea groups is 1. The number of halogens is 2. The molecule has 4 rings (SSSR count). The molecule has 2 amide bonds. The van der Waals surface area contributed by atoms with Gasteiger partial charge in [0, 0.05) is 23.9 Å². The Morgan fingerprint density at radius 1 is 1.12 bits per heavy atom. The van der Waals surface area contributed by atoms with E-state index in [4.69, 9.17) is 4.74 Å². The highest BCUT2D eigenvalue weighted by molar-refractivity contribution is 7.22. The Morgan fingerprint density at radius 2 is 1.88 bits per heavy atom. The summed E-state index contributed by atoms with van der Waals surface area (Å²) in [6.07, 6.45) is 1.44. The van der Waals surface area contributed by atoms with Crippen LogP contribution in [-0.2, 0) is 4.74 Å². The molecule has 2 aromatic carbocycles. The summed E-state index contributed by atoms with van der Waals surface area (Å²) in [7, 11) is 1.27. The van der Waals surface area contributed by atoms with Gasteiger partial charge in [-0.25, -0.2) is 23.4 Å². The van der Waals surface area contributed by atoms with Crippen molar-refractivity contribution >= 4 is 38.7 Å². The minimum Gasteiger partial charge on any atom is -0.465 e. The summed E-state index contributed by atoms with van der Waals surface area (Å²) < 4.78 is 35.3. The molecule has 0 aliphatic carbocycles. The highest BCUT2D eigenvalue weighted by Crippen LogP contribution is 2.41. The quantitative estimate of drug-likeness (QED) is 0.391. The fraction of sp³-hybridized carbons (Fsp3) is 0.130. The molecule has 0 aliphatic heterocycles. The number of ether oxygens (including phenoxy) is 1. The first-order valence-corrected chi connectivity index (χ1v) is 10.7. The fourth-order valence-corrected chi connectivity index (χ4v) is 4.25. The molecular weight excluding hydrogens is 450 g/mol. The number of anilines is 1. The molecule has 0 unspecified atom stereocenters. The SMILES string of the molecule is CCNC(=O)Nc1nc2c(F)c(-c3ccc(C(=O)OC)cc3)cc(-c3ncccc3F)c2s1. The zero-order valence-corrected chi connectivity index (χ0v) is 18.4. The molecule has 0 radical (unpaired) electrons. The van der Waals surface area contributed by atoms with E-state index in [9.17, 15) is 14.0 Å². The Bertz CT molecular complexity index is 1360. The van der Waals surface area contributed by atoms with Crippen LogP contribution in [0.1, 0.15) is 17.3 Å². The third-order valence-corrected chi connectivity index (χ3v) is 5.80. The van der Waals surface area contributed by atoms with Crippen molar-refractivity contribution in [2.24, 2.45) is 0 Å². The van der Waals surface area contributed by atoms with Gasteiger partial charge >= 0.3 is 12.0 Å². The average Bonchev–Trinajstić information content (AvgIpc) is 3.24. The molecule has 7 nitrogen and oxygen atoms in total.